The van der Waals surface area contributed by atoms with Gasteiger partial charge in [0.15, 0.2) is 0 Å². The molecular formula is C10H9F2NO. The molecule has 0 aromatic heterocycles. The number of carbonyl (C=O) groups excluding carboxylic acids is 1. The van der Waals surface area contributed by atoms with Gasteiger partial charge in [-0.25, -0.2) is 4.39 Å². The fraction of sp³-hybridized carbons (Fsp3) is 0.300. The average molecular weight is 197 g/mol. The second kappa shape index (κ2) is 3.36. The Kier molecular flexibility index (Phi) is 2.19. The standard InChI is InChI=1S/C10H9F2NO/c11-2-1-6-3-7-5-9(14)13-10(7)8(12)4-6/h3-4H,1-2,5H2,(H,13,14). The minimum Gasteiger partial charge on any atom is -0.323 e. The summed E-state index contributed by atoms with van der Waals surface area (Å²) in [5.74, 6) is -0.687. The van der Waals surface area contributed by atoms with Crippen LogP contribution in [0.15, 0.2) is 12.1 Å². The van der Waals surface area contributed by atoms with Gasteiger partial charge in [-0.1, -0.05) is 6.07 Å². The molecule has 1 heterocycles. The average Bonchev–Trinajstić information content (AvgIpc) is 2.47. The molecule has 0 saturated heterocycles. The van der Waals surface area contributed by atoms with Gasteiger partial charge < -0.3 is 5.32 Å². The van der Waals surface area contributed by atoms with Crippen LogP contribution in [0.2, 0.25) is 0 Å². The molecule has 0 saturated carbocycles. The number of anilines is 1. The Balaban J connectivity index is 2.40. The van der Waals surface area contributed by atoms with Crippen LogP contribution in [-0.2, 0) is 17.6 Å². The molecule has 0 aliphatic carbocycles. The maximum absolute atomic E-state index is 13.3. The molecule has 1 aromatic carbocycles. The molecule has 4 heteroatoms. The molecule has 2 nitrogen and oxygen atoms in total. The first-order chi connectivity index (χ1) is 6.70. The van der Waals surface area contributed by atoms with Crippen molar-refractivity contribution in [2.45, 2.75) is 12.8 Å². The Hall–Kier alpha value is -1.45. The zero-order valence-electron chi connectivity index (χ0n) is 7.44. The third-order valence-electron chi connectivity index (χ3n) is 2.23. The number of hydrogen-bond acceptors (Lipinski definition) is 1. The molecule has 1 aliphatic rings. The molecule has 0 atom stereocenters. The van der Waals surface area contributed by atoms with Crippen LogP contribution in [0.3, 0.4) is 0 Å². The molecule has 0 bridgehead atoms. The topological polar surface area (TPSA) is 29.1 Å². The lowest BCUT2D eigenvalue weighted by atomic mass is 10.1. The summed E-state index contributed by atoms with van der Waals surface area (Å²) in [6.07, 6.45) is 0.380. The van der Waals surface area contributed by atoms with Crippen molar-refractivity contribution in [2.75, 3.05) is 12.0 Å². The van der Waals surface area contributed by atoms with Crippen molar-refractivity contribution in [3.63, 3.8) is 0 Å². The van der Waals surface area contributed by atoms with E-state index in [-0.39, 0.29) is 24.4 Å². The number of amides is 1. The van der Waals surface area contributed by atoms with E-state index < -0.39 is 12.5 Å². The normalized spacial score (nSPS) is 14.0. The predicted octanol–water partition coefficient (Wildman–Crippen LogP) is 1.83. The van der Waals surface area contributed by atoms with Crippen molar-refractivity contribution in [1.82, 2.24) is 0 Å². The minimum atomic E-state index is -0.514. The molecule has 0 radical (unpaired) electrons. The van der Waals surface area contributed by atoms with Gasteiger partial charge in [0.1, 0.15) is 5.82 Å². The summed E-state index contributed by atoms with van der Waals surface area (Å²) < 4.78 is 25.3. The van der Waals surface area contributed by atoms with Crippen LogP contribution in [0.4, 0.5) is 14.5 Å². The van der Waals surface area contributed by atoms with E-state index in [1.807, 2.05) is 0 Å². The van der Waals surface area contributed by atoms with Crippen molar-refractivity contribution < 1.29 is 13.6 Å². The maximum atomic E-state index is 13.3. The van der Waals surface area contributed by atoms with E-state index in [1.165, 1.54) is 6.07 Å². The zero-order chi connectivity index (χ0) is 10.1. The molecule has 1 amide bonds. The number of nitrogens with one attached hydrogen (secondary N) is 1. The van der Waals surface area contributed by atoms with Gasteiger partial charge in [0.05, 0.1) is 18.8 Å². The quantitative estimate of drug-likeness (QED) is 0.770. The fourth-order valence-electron chi connectivity index (χ4n) is 1.62. The summed E-state index contributed by atoms with van der Waals surface area (Å²) in [6.45, 7) is -0.514. The first-order valence-corrected chi connectivity index (χ1v) is 4.38. The molecule has 0 spiro atoms. The Labute approximate surface area is 79.9 Å². The lowest BCUT2D eigenvalue weighted by Crippen LogP contribution is -2.04. The molecule has 1 aromatic rings. The third kappa shape index (κ3) is 1.47. The smallest absolute Gasteiger partial charge is 0.228 e. The number of fused-ring (bicyclic) bond motifs is 1. The number of hydrogen-bond donors (Lipinski definition) is 1. The lowest BCUT2D eigenvalue weighted by molar-refractivity contribution is -0.115. The van der Waals surface area contributed by atoms with Crippen LogP contribution in [0.5, 0.6) is 0 Å². The van der Waals surface area contributed by atoms with Crippen LogP contribution < -0.4 is 5.32 Å². The van der Waals surface area contributed by atoms with Gasteiger partial charge in [-0.15, -0.1) is 0 Å². The highest BCUT2D eigenvalue weighted by Gasteiger charge is 2.21. The molecule has 1 N–H and O–H groups in total. The van der Waals surface area contributed by atoms with E-state index in [0.29, 0.717) is 11.1 Å². The molecule has 0 fully saturated rings. The van der Waals surface area contributed by atoms with E-state index >= 15 is 0 Å². The maximum Gasteiger partial charge on any atom is 0.228 e. The highest BCUT2D eigenvalue weighted by atomic mass is 19.1. The summed E-state index contributed by atoms with van der Waals surface area (Å²) >= 11 is 0. The minimum absolute atomic E-state index is 0.187. The van der Waals surface area contributed by atoms with Crippen molar-refractivity contribution in [2.24, 2.45) is 0 Å². The second-order valence-electron chi connectivity index (χ2n) is 3.28. The van der Waals surface area contributed by atoms with Crippen LogP contribution in [0.25, 0.3) is 0 Å². The number of halogens is 2. The number of carbonyl (C=O) groups is 1. The lowest BCUT2D eigenvalue weighted by Gasteiger charge is -2.03. The zero-order valence-corrected chi connectivity index (χ0v) is 7.44. The number of benzene rings is 1. The van der Waals surface area contributed by atoms with E-state index in [4.69, 9.17) is 0 Å². The molecule has 1 aliphatic heterocycles. The summed E-state index contributed by atoms with van der Waals surface area (Å²) in [5.41, 5.74) is 1.47. The van der Waals surface area contributed by atoms with Gasteiger partial charge in [0.25, 0.3) is 0 Å². The van der Waals surface area contributed by atoms with E-state index in [0.717, 1.165) is 0 Å². The highest BCUT2D eigenvalue weighted by Crippen LogP contribution is 2.27. The van der Waals surface area contributed by atoms with Gasteiger partial charge in [-0.3, -0.25) is 9.18 Å². The SMILES string of the molecule is O=C1Cc2cc(CCF)cc(F)c2N1. The number of alkyl halides is 1. The monoisotopic (exact) mass is 197 g/mol. The number of aryl methyl sites for hydroxylation is 1. The van der Waals surface area contributed by atoms with Gasteiger partial charge in [0, 0.05) is 6.42 Å². The first kappa shape index (κ1) is 9.12. The summed E-state index contributed by atoms with van der Waals surface area (Å²) in [4.78, 5) is 11.0. The van der Waals surface area contributed by atoms with Crippen molar-refractivity contribution in [3.8, 4) is 0 Å². The van der Waals surface area contributed by atoms with Crippen molar-refractivity contribution in [3.05, 3.63) is 29.1 Å². The molecular weight excluding hydrogens is 188 g/mol. The third-order valence-corrected chi connectivity index (χ3v) is 2.23. The van der Waals surface area contributed by atoms with Crippen LogP contribution in [0.1, 0.15) is 11.1 Å². The Morgan fingerprint density at radius 3 is 2.93 bits per heavy atom. The van der Waals surface area contributed by atoms with Crippen LogP contribution in [-0.4, -0.2) is 12.6 Å². The van der Waals surface area contributed by atoms with E-state index in [2.05, 4.69) is 5.32 Å². The Morgan fingerprint density at radius 1 is 1.43 bits per heavy atom. The van der Waals surface area contributed by atoms with Crippen molar-refractivity contribution >= 4 is 11.6 Å². The Morgan fingerprint density at radius 2 is 2.21 bits per heavy atom. The highest BCUT2D eigenvalue weighted by molar-refractivity contribution is 5.99. The van der Waals surface area contributed by atoms with Crippen molar-refractivity contribution in [1.29, 1.82) is 0 Å². The van der Waals surface area contributed by atoms with Crippen LogP contribution in [0, 0.1) is 5.82 Å². The summed E-state index contributed by atoms with van der Waals surface area (Å²) in [5, 5.41) is 2.43. The molecule has 0 unspecified atom stereocenters. The largest absolute Gasteiger partial charge is 0.323 e. The van der Waals surface area contributed by atoms with E-state index in [1.54, 1.807) is 6.07 Å². The summed E-state index contributed by atoms with van der Waals surface area (Å²) in [6, 6.07) is 2.94. The molecule has 2 rings (SSSR count). The Bertz CT molecular complexity index is 390. The van der Waals surface area contributed by atoms with Gasteiger partial charge in [0.2, 0.25) is 5.91 Å². The van der Waals surface area contributed by atoms with E-state index in [9.17, 15) is 13.6 Å². The first-order valence-electron chi connectivity index (χ1n) is 4.38. The predicted molar refractivity (Wildman–Crippen MR) is 48.4 cm³/mol. The van der Waals surface area contributed by atoms with Gasteiger partial charge >= 0.3 is 0 Å². The molecule has 14 heavy (non-hydrogen) atoms. The number of rotatable bonds is 2. The molecule has 74 valence electrons. The summed E-state index contributed by atoms with van der Waals surface area (Å²) in [7, 11) is 0. The fourth-order valence-corrected chi connectivity index (χ4v) is 1.62. The van der Waals surface area contributed by atoms with Gasteiger partial charge in [-0.2, -0.15) is 0 Å². The van der Waals surface area contributed by atoms with Crippen LogP contribution >= 0.6 is 0 Å². The second-order valence-corrected chi connectivity index (χ2v) is 3.28. The van der Waals surface area contributed by atoms with Gasteiger partial charge in [-0.05, 0) is 17.2 Å².